The van der Waals surface area contributed by atoms with Gasteiger partial charge in [0.1, 0.15) is 0 Å². The highest BCUT2D eigenvalue weighted by Gasteiger charge is 2.27. The Hall–Kier alpha value is -0.770. The number of urea groups is 1. The Labute approximate surface area is 97.3 Å². The molecule has 2 aliphatic rings. The van der Waals surface area contributed by atoms with E-state index in [0.717, 1.165) is 37.8 Å². The maximum atomic E-state index is 11.8. The molecule has 4 heteroatoms. The molecule has 2 rings (SSSR count). The average molecular weight is 226 g/mol. The minimum atomic E-state index is 0.0931. The topological polar surface area (TPSA) is 41.6 Å². The van der Waals surface area contributed by atoms with Gasteiger partial charge in [0.15, 0.2) is 0 Å². The number of amides is 2. The minimum absolute atomic E-state index is 0.0931. The number of hydrogen-bond donors (Lipinski definition) is 1. The summed E-state index contributed by atoms with van der Waals surface area (Å²) in [6.07, 6.45) is 2.29. The second-order valence-corrected chi connectivity index (χ2v) is 5.25. The number of nitrogens with zero attached hydrogens (tertiary/aromatic N) is 1. The van der Waals surface area contributed by atoms with Crippen molar-refractivity contribution in [2.75, 3.05) is 26.3 Å². The highest BCUT2D eigenvalue weighted by Crippen LogP contribution is 2.24. The molecular formula is C12H22N2O2. The predicted molar refractivity (Wildman–Crippen MR) is 62.3 cm³/mol. The van der Waals surface area contributed by atoms with Gasteiger partial charge in [-0.2, -0.15) is 0 Å². The maximum absolute atomic E-state index is 11.8. The Morgan fingerprint density at radius 1 is 1.31 bits per heavy atom. The number of ether oxygens (including phenoxy) is 1. The molecule has 2 amide bonds. The molecule has 0 unspecified atom stereocenters. The van der Waals surface area contributed by atoms with Crippen LogP contribution >= 0.6 is 0 Å². The molecular weight excluding hydrogens is 204 g/mol. The summed E-state index contributed by atoms with van der Waals surface area (Å²) in [7, 11) is 0. The highest BCUT2D eigenvalue weighted by molar-refractivity contribution is 5.74. The zero-order valence-electron chi connectivity index (χ0n) is 10.2. The molecule has 0 atom stereocenters. The molecule has 16 heavy (non-hydrogen) atoms. The van der Waals surface area contributed by atoms with Crippen LogP contribution in [0.1, 0.15) is 26.7 Å². The largest absolute Gasteiger partial charge is 0.377 e. The van der Waals surface area contributed by atoms with Gasteiger partial charge in [-0.25, -0.2) is 4.79 Å². The number of hydrogen-bond acceptors (Lipinski definition) is 2. The van der Waals surface area contributed by atoms with Gasteiger partial charge in [0.2, 0.25) is 0 Å². The van der Waals surface area contributed by atoms with Crippen molar-refractivity contribution in [1.82, 2.24) is 10.2 Å². The summed E-state index contributed by atoms with van der Waals surface area (Å²) < 4.78 is 5.04. The Balaban J connectivity index is 1.72. The van der Waals surface area contributed by atoms with Gasteiger partial charge in [-0.05, 0) is 24.7 Å². The van der Waals surface area contributed by atoms with Gasteiger partial charge < -0.3 is 15.0 Å². The van der Waals surface area contributed by atoms with Crippen LogP contribution < -0.4 is 5.32 Å². The number of likely N-dealkylation sites (tertiary alicyclic amines) is 1. The molecule has 0 aromatic rings. The summed E-state index contributed by atoms with van der Waals surface area (Å²) >= 11 is 0. The summed E-state index contributed by atoms with van der Waals surface area (Å²) in [5, 5.41) is 2.99. The predicted octanol–water partition coefficient (Wildman–Crippen LogP) is 1.46. The third kappa shape index (κ3) is 2.67. The monoisotopic (exact) mass is 226 g/mol. The lowest BCUT2D eigenvalue weighted by Gasteiger charge is -2.36. The van der Waals surface area contributed by atoms with Gasteiger partial charge in [0.05, 0.1) is 19.3 Å². The number of nitrogens with one attached hydrogen (secondary N) is 1. The zero-order chi connectivity index (χ0) is 11.5. The van der Waals surface area contributed by atoms with E-state index in [-0.39, 0.29) is 12.1 Å². The summed E-state index contributed by atoms with van der Waals surface area (Å²) in [5.74, 6) is 1.53. The summed E-state index contributed by atoms with van der Waals surface area (Å²) in [6.45, 7) is 7.70. The van der Waals surface area contributed by atoms with Gasteiger partial charge in [-0.3, -0.25) is 0 Å². The fourth-order valence-electron chi connectivity index (χ4n) is 2.35. The van der Waals surface area contributed by atoms with Crippen molar-refractivity contribution in [2.45, 2.75) is 32.7 Å². The standard InChI is InChI=1S/C12H22N2O2/c1-9(2)10-3-5-14(6-4-10)12(15)13-11-7-16-8-11/h9-11H,3-8H2,1-2H3,(H,13,15). The van der Waals surface area contributed by atoms with Crippen molar-refractivity contribution in [3.05, 3.63) is 0 Å². The molecule has 4 nitrogen and oxygen atoms in total. The number of carbonyl (C=O) groups excluding carboxylic acids is 1. The van der Waals surface area contributed by atoms with E-state index in [1.54, 1.807) is 0 Å². The molecule has 2 heterocycles. The Morgan fingerprint density at radius 2 is 1.94 bits per heavy atom. The molecule has 0 spiro atoms. The van der Waals surface area contributed by atoms with Crippen molar-refractivity contribution >= 4 is 6.03 Å². The maximum Gasteiger partial charge on any atom is 0.317 e. The van der Waals surface area contributed by atoms with Crippen molar-refractivity contribution in [3.8, 4) is 0 Å². The normalized spacial score (nSPS) is 23.3. The number of carbonyl (C=O) groups is 1. The fourth-order valence-corrected chi connectivity index (χ4v) is 2.35. The van der Waals surface area contributed by atoms with Crippen LogP contribution in [0.3, 0.4) is 0 Å². The summed E-state index contributed by atoms with van der Waals surface area (Å²) in [6, 6.07) is 0.339. The molecule has 0 radical (unpaired) electrons. The van der Waals surface area contributed by atoms with Crippen LogP contribution in [-0.4, -0.2) is 43.3 Å². The molecule has 0 saturated carbocycles. The van der Waals surface area contributed by atoms with Gasteiger partial charge in [-0.15, -0.1) is 0 Å². The first-order valence-electron chi connectivity index (χ1n) is 6.30. The van der Waals surface area contributed by atoms with E-state index >= 15 is 0 Å². The molecule has 2 fully saturated rings. The Kier molecular flexibility index (Phi) is 3.69. The van der Waals surface area contributed by atoms with Crippen molar-refractivity contribution < 1.29 is 9.53 Å². The lowest BCUT2D eigenvalue weighted by molar-refractivity contribution is -0.00269. The van der Waals surface area contributed by atoms with E-state index in [4.69, 9.17) is 4.74 Å². The smallest absolute Gasteiger partial charge is 0.317 e. The first-order valence-corrected chi connectivity index (χ1v) is 6.30. The molecule has 1 N–H and O–H groups in total. The lowest BCUT2D eigenvalue weighted by Crippen LogP contribution is -2.54. The van der Waals surface area contributed by atoms with Gasteiger partial charge >= 0.3 is 6.03 Å². The zero-order valence-corrected chi connectivity index (χ0v) is 10.2. The first-order chi connectivity index (χ1) is 7.66. The van der Waals surface area contributed by atoms with Crippen LogP contribution in [0.5, 0.6) is 0 Å². The quantitative estimate of drug-likeness (QED) is 0.774. The molecule has 0 aromatic carbocycles. The van der Waals surface area contributed by atoms with E-state index in [1.165, 1.54) is 0 Å². The lowest BCUT2D eigenvalue weighted by atomic mass is 9.87. The van der Waals surface area contributed by atoms with Crippen LogP contribution in [0.4, 0.5) is 4.79 Å². The van der Waals surface area contributed by atoms with Gasteiger partial charge in [0, 0.05) is 13.1 Å². The Bertz CT molecular complexity index is 243. The van der Waals surface area contributed by atoms with E-state index in [1.807, 2.05) is 4.90 Å². The van der Waals surface area contributed by atoms with Crippen molar-refractivity contribution in [1.29, 1.82) is 0 Å². The van der Waals surface area contributed by atoms with Crippen LogP contribution in [0, 0.1) is 11.8 Å². The molecule has 0 aliphatic carbocycles. The summed E-state index contributed by atoms with van der Waals surface area (Å²) in [4.78, 5) is 13.8. The van der Waals surface area contributed by atoms with E-state index in [0.29, 0.717) is 13.2 Å². The van der Waals surface area contributed by atoms with Crippen LogP contribution in [0.15, 0.2) is 0 Å². The van der Waals surface area contributed by atoms with Gasteiger partial charge in [-0.1, -0.05) is 13.8 Å². The fraction of sp³-hybridized carbons (Fsp3) is 0.917. The van der Waals surface area contributed by atoms with E-state index < -0.39 is 0 Å². The molecule has 2 aliphatic heterocycles. The minimum Gasteiger partial charge on any atom is -0.377 e. The van der Waals surface area contributed by atoms with Crippen LogP contribution in [-0.2, 0) is 4.74 Å². The summed E-state index contributed by atoms with van der Waals surface area (Å²) in [5.41, 5.74) is 0. The molecule has 2 saturated heterocycles. The third-order valence-electron chi connectivity index (χ3n) is 3.74. The second-order valence-electron chi connectivity index (χ2n) is 5.25. The SMILES string of the molecule is CC(C)C1CCN(C(=O)NC2COC2)CC1. The van der Waals surface area contributed by atoms with E-state index in [9.17, 15) is 4.79 Å². The van der Waals surface area contributed by atoms with Crippen molar-refractivity contribution in [3.63, 3.8) is 0 Å². The molecule has 0 bridgehead atoms. The van der Waals surface area contributed by atoms with Crippen LogP contribution in [0.2, 0.25) is 0 Å². The molecule has 92 valence electrons. The average Bonchev–Trinajstić information content (AvgIpc) is 2.23. The highest BCUT2D eigenvalue weighted by atomic mass is 16.5. The van der Waals surface area contributed by atoms with Gasteiger partial charge in [0.25, 0.3) is 0 Å². The number of piperidine rings is 1. The number of rotatable bonds is 2. The first kappa shape index (κ1) is 11.7. The second kappa shape index (κ2) is 5.04. The Morgan fingerprint density at radius 3 is 2.38 bits per heavy atom. The van der Waals surface area contributed by atoms with E-state index in [2.05, 4.69) is 19.2 Å². The van der Waals surface area contributed by atoms with Crippen molar-refractivity contribution in [2.24, 2.45) is 11.8 Å². The molecule has 0 aromatic heterocycles. The third-order valence-corrected chi connectivity index (χ3v) is 3.74. The van der Waals surface area contributed by atoms with Crippen LogP contribution in [0.25, 0.3) is 0 Å².